The zero-order chi connectivity index (χ0) is 14.8. The molecule has 1 aromatic carbocycles. The SMILES string of the molecule is Nc1cnc(Sc2ncnc3ccccc23)c(C(=O)O)c1. The maximum Gasteiger partial charge on any atom is 0.338 e. The van der Waals surface area contributed by atoms with E-state index in [1.165, 1.54) is 30.4 Å². The molecule has 0 saturated carbocycles. The van der Waals surface area contributed by atoms with Crippen LogP contribution in [0.3, 0.4) is 0 Å². The van der Waals surface area contributed by atoms with Crippen molar-refractivity contribution in [2.45, 2.75) is 10.1 Å². The summed E-state index contributed by atoms with van der Waals surface area (Å²) in [6.45, 7) is 0. The predicted octanol–water partition coefficient (Wildman–Crippen LogP) is 2.46. The number of para-hydroxylation sites is 1. The number of nitrogens with two attached hydrogens (primary N) is 1. The van der Waals surface area contributed by atoms with Crippen molar-refractivity contribution >= 4 is 34.3 Å². The van der Waals surface area contributed by atoms with E-state index in [-0.39, 0.29) is 5.56 Å². The monoisotopic (exact) mass is 298 g/mol. The van der Waals surface area contributed by atoms with Gasteiger partial charge >= 0.3 is 5.97 Å². The van der Waals surface area contributed by atoms with Crippen LogP contribution in [0.5, 0.6) is 0 Å². The number of aromatic nitrogens is 3. The molecule has 2 heterocycles. The minimum Gasteiger partial charge on any atom is -0.478 e. The number of hydrogen-bond donors (Lipinski definition) is 2. The van der Waals surface area contributed by atoms with E-state index in [1.807, 2.05) is 24.3 Å². The molecule has 2 aromatic heterocycles. The van der Waals surface area contributed by atoms with Gasteiger partial charge in [0.1, 0.15) is 16.4 Å². The van der Waals surface area contributed by atoms with Gasteiger partial charge in [0.05, 0.1) is 23.0 Å². The number of nitrogens with zero attached hydrogens (tertiary/aromatic N) is 3. The van der Waals surface area contributed by atoms with Crippen LogP contribution >= 0.6 is 11.8 Å². The highest BCUT2D eigenvalue weighted by atomic mass is 32.2. The third kappa shape index (κ3) is 2.63. The van der Waals surface area contributed by atoms with Gasteiger partial charge in [-0.2, -0.15) is 0 Å². The fourth-order valence-electron chi connectivity index (χ4n) is 1.86. The molecular formula is C14H10N4O2S. The molecule has 3 N–H and O–H groups in total. The smallest absolute Gasteiger partial charge is 0.338 e. The van der Waals surface area contributed by atoms with Crippen molar-refractivity contribution in [3.8, 4) is 0 Å². The van der Waals surface area contributed by atoms with E-state index in [0.29, 0.717) is 15.7 Å². The Morgan fingerprint density at radius 3 is 2.76 bits per heavy atom. The summed E-state index contributed by atoms with van der Waals surface area (Å²) in [4.78, 5) is 23.8. The van der Waals surface area contributed by atoms with Crippen LogP contribution < -0.4 is 5.73 Å². The Labute approximate surface area is 124 Å². The molecule has 0 amide bonds. The molecule has 3 aromatic rings. The standard InChI is InChI=1S/C14H10N4O2S/c15-8-5-10(14(19)20)13(16-6-8)21-12-9-3-1-2-4-11(9)17-7-18-12/h1-7H,15H2,(H,19,20). The number of fused-ring (bicyclic) bond motifs is 1. The Bertz CT molecular complexity index is 833. The number of nitrogen functional groups attached to an aromatic ring is 1. The van der Waals surface area contributed by atoms with E-state index >= 15 is 0 Å². The second-order valence-corrected chi connectivity index (χ2v) is 5.20. The molecule has 0 unspecified atom stereocenters. The number of rotatable bonds is 3. The van der Waals surface area contributed by atoms with Crippen molar-refractivity contribution < 1.29 is 9.90 Å². The zero-order valence-corrected chi connectivity index (χ0v) is 11.5. The topological polar surface area (TPSA) is 102 Å². The summed E-state index contributed by atoms with van der Waals surface area (Å²) in [5.74, 6) is -1.07. The number of aromatic carboxylic acids is 1. The Morgan fingerprint density at radius 2 is 1.95 bits per heavy atom. The molecule has 0 aliphatic heterocycles. The Kier molecular flexibility index (Phi) is 3.41. The molecule has 0 radical (unpaired) electrons. The van der Waals surface area contributed by atoms with Gasteiger partial charge in [-0.05, 0) is 23.9 Å². The first-order chi connectivity index (χ1) is 10.1. The number of hydrogen-bond acceptors (Lipinski definition) is 6. The maximum atomic E-state index is 11.3. The van der Waals surface area contributed by atoms with Crippen molar-refractivity contribution in [3.63, 3.8) is 0 Å². The van der Waals surface area contributed by atoms with Gasteiger partial charge in [0.25, 0.3) is 0 Å². The lowest BCUT2D eigenvalue weighted by atomic mass is 10.2. The summed E-state index contributed by atoms with van der Waals surface area (Å²) >= 11 is 1.18. The van der Waals surface area contributed by atoms with Crippen LogP contribution in [0.1, 0.15) is 10.4 Å². The molecule has 0 saturated heterocycles. The highest BCUT2D eigenvalue weighted by Crippen LogP contribution is 2.32. The van der Waals surface area contributed by atoms with E-state index in [2.05, 4.69) is 15.0 Å². The first-order valence-electron chi connectivity index (χ1n) is 6.01. The average Bonchev–Trinajstić information content (AvgIpc) is 2.49. The van der Waals surface area contributed by atoms with E-state index in [9.17, 15) is 9.90 Å². The summed E-state index contributed by atoms with van der Waals surface area (Å²) in [5, 5.41) is 11.1. The van der Waals surface area contributed by atoms with Gasteiger partial charge in [0, 0.05) is 5.39 Å². The average molecular weight is 298 g/mol. The van der Waals surface area contributed by atoms with Crippen LogP contribution in [0.25, 0.3) is 10.9 Å². The van der Waals surface area contributed by atoms with Crippen LogP contribution in [-0.4, -0.2) is 26.0 Å². The fraction of sp³-hybridized carbons (Fsp3) is 0. The molecule has 0 spiro atoms. The van der Waals surface area contributed by atoms with E-state index in [4.69, 9.17) is 5.73 Å². The maximum absolute atomic E-state index is 11.3. The molecule has 3 rings (SSSR count). The summed E-state index contributed by atoms with van der Waals surface area (Å²) in [5.41, 5.74) is 6.75. The number of benzene rings is 1. The van der Waals surface area contributed by atoms with E-state index in [0.717, 1.165) is 10.9 Å². The normalized spacial score (nSPS) is 10.7. The largest absolute Gasteiger partial charge is 0.478 e. The minimum atomic E-state index is -1.07. The Hall–Kier alpha value is -2.67. The predicted molar refractivity (Wildman–Crippen MR) is 79.3 cm³/mol. The van der Waals surface area contributed by atoms with Gasteiger partial charge in [-0.1, -0.05) is 18.2 Å². The molecule has 0 aliphatic carbocycles. The molecule has 104 valence electrons. The lowest BCUT2D eigenvalue weighted by Crippen LogP contribution is -2.03. The van der Waals surface area contributed by atoms with Crippen LogP contribution in [0.15, 0.2) is 52.9 Å². The lowest BCUT2D eigenvalue weighted by Gasteiger charge is -2.07. The number of carboxylic acid groups (broad SMARTS) is 1. The summed E-state index contributed by atoms with van der Waals surface area (Å²) in [6, 6.07) is 8.91. The molecule has 0 fully saturated rings. The Morgan fingerprint density at radius 1 is 1.14 bits per heavy atom. The molecule has 21 heavy (non-hydrogen) atoms. The lowest BCUT2D eigenvalue weighted by molar-refractivity contribution is 0.0692. The number of pyridine rings is 1. The van der Waals surface area contributed by atoms with E-state index < -0.39 is 5.97 Å². The highest BCUT2D eigenvalue weighted by molar-refractivity contribution is 7.99. The molecule has 6 nitrogen and oxygen atoms in total. The van der Waals surface area contributed by atoms with E-state index in [1.54, 1.807) is 0 Å². The van der Waals surface area contributed by atoms with Crippen molar-refractivity contribution in [3.05, 3.63) is 48.4 Å². The first kappa shape index (κ1) is 13.3. The fourth-order valence-corrected chi connectivity index (χ4v) is 2.78. The van der Waals surface area contributed by atoms with Crippen LogP contribution in [0.4, 0.5) is 5.69 Å². The van der Waals surface area contributed by atoms with Crippen LogP contribution in [0, 0.1) is 0 Å². The van der Waals surface area contributed by atoms with Gasteiger partial charge in [-0.3, -0.25) is 0 Å². The third-order valence-electron chi connectivity index (χ3n) is 2.80. The summed E-state index contributed by atoms with van der Waals surface area (Å²) in [6.07, 6.45) is 2.88. The number of anilines is 1. The quantitative estimate of drug-likeness (QED) is 0.716. The van der Waals surface area contributed by atoms with Crippen molar-refractivity contribution in [2.75, 3.05) is 5.73 Å². The summed E-state index contributed by atoms with van der Waals surface area (Å²) < 4.78 is 0. The zero-order valence-electron chi connectivity index (χ0n) is 10.7. The molecule has 7 heteroatoms. The van der Waals surface area contributed by atoms with Crippen molar-refractivity contribution in [1.82, 2.24) is 15.0 Å². The second kappa shape index (κ2) is 5.37. The van der Waals surface area contributed by atoms with Gasteiger partial charge in [0.2, 0.25) is 0 Å². The Balaban J connectivity index is 2.09. The minimum absolute atomic E-state index is 0.0580. The highest BCUT2D eigenvalue weighted by Gasteiger charge is 2.15. The molecule has 0 atom stereocenters. The number of carboxylic acids is 1. The molecule has 0 aliphatic rings. The van der Waals surface area contributed by atoms with Crippen LogP contribution in [0.2, 0.25) is 0 Å². The van der Waals surface area contributed by atoms with Gasteiger partial charge in [-0.15, -0.1) is 0 Å². The third-order valence-corrected chi connectivity index (χ3v) is 3.84. The van der Waals surface area contributed by atoms with Crippen LogP contribution in [-0.2, 0) is 0 Å². The first-order valence-corrected chi connectivity index (χ1v) is 6.83. The van der Waals surface area contributed by atoms with Gasteiger partial charge < -0.3 is 10.8 Å². The summed E-state index contributed by atoms with van der Waals surface area (Å²) in [7, 11) is 0. The van der Waals surface area contributed by atoms with Crippen molar-refractivity contribution in [1.29, 1.82) is 0 Å². The second-order valence-electron chi connectivity index (χ2n) is 4.22. The number of carbonyl (C=O) groups is 1. The molecule has 0 bridgehead atoms. The van der Waals surface area contributed by atoms with Crippen molar-refractivity contribution in [2.24, 2.45) is 0 Å². The van der Waals surface area contributed by atoms with Gasteiger partial charge in [0.15, 0.2) is 0 Å². The van der Waals surface area contributed by atoms with Gasteiger partial charge in [-0.25, -0.2) is 19.7 Å². The molecular weight excluding hydrogens is 288 g/mol.